The third kappa shape index (κ3) is 3.50. The van der Waals surface area contributed by atoms with Gasteiger partial charge in [-0.1, -0.05) is 13.0 Å². The summed E-state index contributed by atoms with van der Waals surface area (Å²) in [4.78, 5) is 8.98. The van der Waals surface area contributed by atoms with E-state index in [2.05, 4.69) is 4.72 Å². The molecule has 1 rings (SSSR count). The molecular weight excluding hydrogens is 291 g/mol. The summed E-state index contributed by atoms with van der Waals surface area (Å²) in [5.41, 5.74) is -1.09. The van der Waals surface area contributed by atoms with Crippen molar-refractivity contribution in [3.63, 3.8) is 0 Å². The van der Waals surface area contributed by atoms with Crippen molar-refractivity contribution in [2.75, 3.05) is 6.61 Å². The van der Waals surface area contributed by atoms with Crippen molar-refractivity contribution >= 4 is 15.7 Å². The van der Waals surface area contributed by atoms with E-state index in [0.717, 1.165) is 18.2 Å². The van der Waals surface area contributed by atoms with Crippen LogP contribution in [0.5, 0.6) is 0 Å². The molecule has 20 heavy (non-hydrogen) atoms. The number of para-hydroxylation sites is 1. The van der Waals surface area contributed by atoms with E-state index in [9.17, 15) is 22.9 Å². The smallest absolute Gasteiger partial charge is 0.324 e. The Morgan fingerprint density at radius 3 is 2.55 bits per heavy atom. The first kappa shape index (κ1) is 16.5. The summed E-state index contributed by atoms with van der Waals surface area (Å²) in [5, 5.41) is 19.8. The quantitative estimate of drug-likeness (QED) is 0.602. The van der Waals surface area contributed by atoms with Crippen molar-refractivity contribution in [2.24, 2.45) is 5.92 Å². The SMILES string of the molecule is CC(CO)C(C)NS(=O)(=O)c1cccc(F)c1[N+](=O)[O-]. The maximum Gasteiger partial charge on any atom is 0.324 e. The first-order valence-corrected chi connectivity index (χ1v) is 7.25. The van der Waals surface area contributed by atoms with Gasteiger partial charge in [-0.3, -0.25) is 10.1 Å². The second-order valence-corrected chi connectivity index (χ2v) is 6.10. The van der Waals surface area contributed by atoms with Gasteiger partial charge < -0.3 is 5.11 Å². The van der Waals surface area contributed by atoms with Gasteiger partial charge in [0, 0.05) is 12.6 Å². The van der Waals surface area contributed by atoms with Gasteiger partial charge in [0.15, 0.2) is 4.90 Å². The van der Waals surface area contributed by atoms with Crippen LogP contribution in [0.15, 0.2) is 23.1 Å². The van der Waals surface area contributed by atoms with Crippen molar-refractivity contribution in [1.29, 1.82) is 0 Å². The molecule has 0 radical (unpaired) electrons. The molecule has 2 N–H and O–H groups in total. The molecule has 0 aromatic heterocycles. The van der Waals surface area contributed by atoms with Gasteiger partial charge in [0.1, 0.15) is 0 Å². The average molecular weight is 306 g/mol. The summed E-state index contributed by atoms with van der Waals surface area (Å²) < 4.78 is 39.8. The van der Waals surface area contributed by atoms with Gasteiger partial charge in [0.05, 0.1) is 4.92 Å². The van der Waals surface area contributed by atoms with Crippen molar-refractivity contribution in [3.05, 3.63) is 34.1 Å². The zero-order valence-corrected chi connectivity index (χ0v) is 11.7. The maximum absolute atomic E-state index is 13.4. The molecule has 0 fully saturated rings. The van der Waals surface area contributed by atoms with Crippen molar-refractivity contribution in [2.45, 2.75) is 24.8 Å². The van der Waals surface area contributed by atoms with Crippen LogP contribution in [-0.4, -0.2) is 31.1 Å². The number of nitro benzene ring substituents is 1. The highest BCUT2D eigenvalue weighted by molar-refractivity contribution is 7.89. The molecule has 112 valence electrons. The van der Waals surface area contributed by atoms with Gasteiger partial charge in [0.25, 0.3) is 0 Å². The van der Waals surface area contributed by atoms with E-state index in [1.807, 2.05) is 0 Å². The van der Waals surface area contributed by atoms with Gasteiger partial charge in [-0.15, -0.1) is 0 Å². The largest absolute Gasteiger partial charge is 0.396 e. The van der Waals surface area contributed by atoms with Gasteiger partial charge in [-0.25, -0.2) is 13.1 Å². The lowest BCUT2D eigenvalue weighted by molar-refractivity contribution is -0.390. The second-order valence-electron chi connectivity index (χ2n) is 4.41. The first-order valence-electron chi connectivity index (χ1n) is 5.76. The fourth-order valence-corrected chi connectivity index (χ4v) is 3.01. The van der Waals surface area contributed by atoms with E-state index in [4.69, 9.17) is 5.11 Å². The van der Waals surface area contributed by atoms with Crippen molar-refractivity contribution in [1.82, 2.24) is 4.72 Å². The molecule has 0 aliphatic carbocycles. The molecule has 0 aliphatic heterocycles. The Bertz CT molecular complexity index is 605. The molecule has 0 saturated heterocycles. The molecular formula is C11H15FN2O5S. The lowest BCUT2D eigenvalue weighted by atomic mass is 10.1. The highest BCUT2D eigenvalue weighted by Crippen LogP contribution is 2.26. The van der Waals surface area contributed by atoms with Gasteiger partial charge >= 0.3 is 5.69 Å². The molecule has 2 unspecified atom stereocenters. The Morgan fingerprint density at radius 2 is 2.05 bits per heavy atom. The van der Waals surface area contributed by atoms with E-state index < -0.39 is 43.3 Å². The zero-order valence-electron chi connectivity index (χ0n) is 10.9. The lowest BCUT2D eigenvalue weighted by Gasteiger charge is -2.19. The molecule has 0 saturated carbocycles. The number of hydrogen-bond acceptors (Lipinski definition) is 5. The van der Waals surface area contributed by atoms with Crippen molar-refractivity contribution < 1.29 is 22.8 Å². The van der Waals surface area contributed by atoms with E-state index >= 15 is 0 Å². The number of nitro groups is 1. The van der Waals surface area contributed by atoms with Crippen LogP contribution in [0.25, 0.3) is 0 Å². The highest BCUT2D eigenvalue weighted by Gasteiger charge is 2.31. The third-order valence-corrected chi connectivity index (χ3v) is 4.49. The van der Waals surface area contributed by atoms with Crippen LogP contribution in [0, 0.1) is 21.8 Å². The molecule has 0 spiro atoms. The van der Waals surface area contributed by atoms with Crippen LogP contribution >= 0.6 is 0 Å². The Balaban J connectivity index is 3.23. The molecule has 9 heteroatoms. The fourth-order valence-electron chi connectivity index (χ4n) is 1.47. The summed E-state index contributed by atoms with van der Waals surface area (Å²) in [5.74, 6) is -1.61. The standard InChI is InChI=1S/C11H15FN2O5S/c1-7(6-15)8(2)13-20(18,19)10-5-3-4-9(12)11(10)14(16)17/h3-5,7-8,13,15H,6H2,1-2H3. The summed E-state index contributed by atoms with van der Waals surface area (Å²) in [6, 6.07) is 2.20. The van der Waals surface area contributed by atoms with Crippen molar-refractivity contribution in [3.8, 4) is 0 Å². The number of aliphatic hydroxyl groups is 1. The molecule has 0 bridgehead atoms. The number of hydrogen-bond donors (Lipinski definition) is 2. The van der Waals surface area contributed by atoms with Crippen LogP contribution in [0.2, 0.25) is 0 Å². The molecule has 0 amide bonds. The monoisotopic (exact) mass is 306 g/mol. The molecule has 1 aromatic carbocycles. The summed E-state index contributed by atoms with van der Waals surface area (Å²) in [7, 11) is -4.26. The number of halogens is 1. The van der Waals surface area contributed by atoms with Crippen LogP contribution in [0.4, 0.5) is 10.1 Å². The lowest BCUT2D eigenvalue weighted by Crippen LogP contribution is -2.38. The maximum atomic E-state index is 13.4. The minimum atomic E-state index is -4.26. The van der Waals surface area contributed by atoms with Crippen LogP contribution in [0.3, 0.4) is 0 Å². The van der Waals surface area contributed by atoms with E-state index in [1.54, 1.807) is 6.92 Å². The molecule has 1 aromatic rings. The summed E-state index contributed by atoms with van der Waals surface area (Å²) in [6.07, 6.45) is 0. The summed E-state index contributed by atoms with van der Waals surface area (Å²) >= 11 is 0. The highest BCUT2D eigenvalue weighted by atomic mass is 32.2. The number of nitrogens with zero attached hydrogens (tertiary/aromatic N) is 1. The Labute approximate surface area is 115 Å². The summed E-state index contributed by atoms with van der Waals surface area (Å²) in [6.45, 7) is 2.85. The predicted molar refractivity (Wildman–Crippen MR) is 69.1 cm³/mol. The zero-order chi connectivity index (χ0) is 15.5. The Hall–Kier alpha value is -1.58. The van der Waals surface area contributed by atoms with Crippen LogP contribution < -0.4 is 4.72 Å². The molecule has 2 atom stereocenters. The number of nitrogens with one attached hydrogen (secondary N) is 1. The number of benzene rings is 1. The Kier molecular flexibility index (Phi) is 5.15. The predicted octanol–water partition coefficient (Wildman–Crippen LogP) is 1.03. The van der Waals surface area contributed by atoms with Crippen LogP contribution in [-0.2, 0) is 10.0 Å². The molecule has 7 nitrogen and oxygen atoms in total. The van der Waals surface area contributed by atoms with E-state index in [-0.39, 0.29) is 6.61 Å². The first-order chi connectivity index (χ1) is 9.20. The average Bonchev–Trinajstić information content (AvgIpc) is 2.36. The minimum absolute atomic E-state index is 0.255. The van der Waals surface area contributed by atoms with Gasteiger partial charge in [-0.05, 0) is 25.0 Å². The minimum Gasteiger partial charge on any atom is -0.396 e. The number of rotatable bonds is 6. The second kappa shape index (κ2) is 6.25. The molecule has 0 aliphatic rings. The topological polar surface area (TPSA) is 110 Å². The van der Waals surface area contributed by atoms with Gasteiger partial charge in [-0.2, -0.15) is 4.39 Å². The third-order valence-electron chi connectivity index (χ3n) is 2.90. The number of aliphatic hydroxyl groups excluding tert-OH is 1. The number of sulfonamides is 1. The van der Waals surface area contributed by atoms with Crippen LogP contribution in [0.1, 0.15) is 13.8 Å². The Morgan fingerprint density at radius 1 is 1.45 bits per heavy atom. The van der Waals surface area contributed by atoms with E-state index in [0.29, 0.717) is 0 Å². The molecule has 0 heterocycles. The van der Waals surface area contributed by atoms with Gasteiger partial charge in [0.2, 0.25) is 15.8 Å². The van der Waals surface area contributed by atoms with E-state index in [1.165, 1.54) is 6.92 Å². The normalized spacial score (nSPS) is 14.8. The fraction of sp³-hybridized carbons (Fsp3) is 0.455.